The number of carbonyl (C=O) groups is 1. The molecular weight excluding hydrogens is 236 g/mol. The second kappa shape index (κ2) is 5.50. The van der Waals surface area contributed by atoms with Gasteiger partial charge in [-0.1, -0.05) is 31.4 Å². The monoisotopic (exact) mass is 252 g/mol. The fourth-order valence-electron chi connectivity index (χ4n) is 2.37. The minimum atomic E-state index is -0.133. The number of halogens is 1. The van der Waals surface area contributed by atoms with Gasteiger partial charge in [0.15, 0.2) is 0 Å². The number of hydrogen-bond donors (Lipinski definition) is 1. The molecule has 2 atom stereocenters. The van der Waals surface area contributed by atoms with Crippen LogP contribution in [0.3, 0.4) is 0 Å². The molecule has 1 aliphatic carbocycles. The predicted molar refractivity (Wildman–Crippen MR) is 68.1 cm³/mol. The van der Waals surface area contributed by atoms with Crippen molar-refractivity contribution in [3.63, 3.8) is 0 Å². The summed E-state index contributed by atoms with van der Waals surface area (Å²) in [5.74, 6) is 1.19. The van der Waals surface area contributed by atoms with Crippen molar-refractivity contribution in [2.75, 3.05) is 6.54 Å². The second-order valence-electron chi connectivity index (χ2n) is 4.74. The molecule has 0 saturated heterocycles. The van der Waals surface area contributed by atoms with Crippen molar-refractivity contribution in [3.8, 4) is 0 Å². The molecule has 1 saturated carbocycles. The van der Waals surface area contributed by atoms with Gasteiger partial charge in [0.25, 0.3) is 5.91 Å². The van der Waals surface area contributed by atoms with Crippen LogP contribution in [0, 0.1) is 11.8 Å². The van der Waals surface area contributed by atoms with Crippen LogP contribution >= 0.6 is 11.6 Å². The van der Waals surface area contributed by atoms with Crippen molar-refractivity contribution < 1.29 is 4.79 Å². The van der Waals surface area contributed by atoms with Crippen LogP contribution in [-0.2, 0) is 0 Å². The minimum absolute atomic E-state index is 0.133. The van der Waals surface area contributed by atoms with E-state index in [4.69, 9.17) is 11.6 Å². The molecule has 1 N–H and O–H groups in total. The van der Waals surface area contributed by atoms with Crippen molar-refractivity contribution in [1.29, 1.82) is 0 Å². The van der Waals surface area contributed by atoms with E-state index >= 15 is 0 Å². The Morgan fingerprint density at radius 3 is 3.06 bits per heavy atom. The van der Waals surface area contributed by atoms with E-state index in [0.717, 1.165) is 6.54 Å². The number of amides is 1. The number of aromatic nitrogens is 1. The number of rotatable bonds is 3. The first kappa shape index (κ1) is 12.4. The van der Waals surface area contributed by atoms with E-state index in [2.05, 4.69) is 17.2 Å². The molecule has 2 rings (SSSR count). The van der Waals surface area contributed by atoms with Gasteiger partial charge in [-0.05, 0) is 30.4 Å². The third-order valence-corrected chi connectivity index (χ3v) is 3.75. The number of nitrogens with zero attached hydrogens (tertiary/aromatic N) is 1. The summed E-state index contributed by atoms with van der Waals surface area (Å²) in [6.45, 7) is 3.00. The van der Waals surface area contributed by atoms with E-state index < -0.39 is 0 Å². The molecule has 0 bridgehead atoms. The lowest BCUT2D eigenvalue weighted by Crippen LogP contribution is -2.30. The molecule has 17 heavy (non-hydrogen) atoms. The molecule has 1 aromatic heterocycles. The van der Waals surface area contributed by atoms with Gasteiger partial charge >= 0.3 is 0 Å². The van der Waals surface area contributed by atoms with Crippen molar-refractivity contribution in [2.45, 2.75) is 26.2 Å². The van der Waals surface area contributed by atoms with Crippen LogP contribution in [0.5, 0.6) is 0 Å². The highest BCUT2D eigenvalue weighted by molar-refractivity contribution is 6.30. The van der Waals surface area contributed by atoms with E-state index in [1.807, 2.05) is 0 Å². The quantitative estimate of drug-likeness (QED) is 0.899. The van der Waals surface area contributed by atoms with Crippen LogP contribution in [0.2, 0.25) is 5.02 Å². The summed E-state index contributed by atoms with van der Waals surface area (Å²) in [5.41, 5.74) is 0.392. The molecule has 92 valence electrons. The van der Waals surface area contributed by atoms with E-state index in [0.29, 0.717) is 22.6 Å². The van der Waals surface area contributed by atoms with Crippen LogP contribution < -0.4 is 5.32 Å². The SMILES string of the molecule is CC1CCCC1CNC(=O)c1cc(Cl)ccn1. The van der Waals surface area contributed by atoms with Crippen LogP contribution in [0.25, 0.3) is 0 Å². The molecule has 1 fully saturated rings. The first-order valence-electron chi connectivity index (χ1n) is 6.06. The maximum absolute atomic E-state index is 11.8. The normalized spacial score (nSPS) is 23.6. The average Bonchev–Trinajstić information content (AvgIpc) is 2.72. The molecule has 2 unspecified atom stereocenters. The Balaban J connectivity index is 1.89. The lowest BCUT2D eigenvalue weighted by atomic mass is 9.98. The maximum Gasteiger partial charge on any atom is 0.269 e. The second-order valence-corrected chi connectivity index (χ2v) is 5.17. The predicted octanol–water partition coefficient (Wildman–Crippen LogP) is 2.90. The molecule has 0 spiro atoms. The fraction of sp³-hybridized carbons (Fsp3) is 0.538. The Bertz CT molecular complexity index is 408. The number of pyridine rings is 1. The Morgan fingerprint density at radius 2 is 2.41 bits per heavy atom. The lowest BCUT2D eigenvalue weighted by molar-refractivity contribution is 0.0939. The molecule has 1 amide bonds. The summed E-state index contributed by atoms with van der Waals surface area (Å²) < 4.78 is 0. The summed E-state index contributed by atoms with van der Waals surface area (Å²) >= 11 is 5.82. The van der Waals surface area contributed by atoms with Gasteiger partial charge in [-0.3, -0.25) is 9.78 Å². The molecule has 1 heterocycles. The van der Waals surface area contributed by atoms with Gasteiger partial charge in [-0.15, -0.1) is 0 Å². The van der Waals surface area contributed by atoms with Crippen molar-refractivity contribution >= 4 is 17.5 Å². The van der Waals surface area contributed by atoms with Gasteiger partial charge in [-0.2, -0.15) is 0 Å². The number of hydrogen-bond acceptors (Lipinski definition) is 2. The molecule has 0 aromatic carbocycles. The molecule has 1 aromatic rings. The zero-order valence-electron chi connectivity index (χ0n) is 9.95. The van der Waals surface area contributed by atoms with Crippen molar-refractivity contribution in [2.24, 2.45) is 11.8 Å². The smallest absolute Gasteiger partial charge is 0.269 e. The van der Waals surface area contributed by atoms with Crippen LogP contribution in [0.1, 0.15) is 36.7 Å². The molecule has 0 radical (unpaired) electrons. The fourth-order valence-corrected chi connectivity index (χ4v) is 2.53. The van der Waals surface area contributed by atoms with Crippen molar-refractivity contribution in [1.82, 2.24) is 10.3 Å². The lowest BCUT2D eigenvalue weighted by Gasteiger charge is -2.15. The van der Waals surface area contributed by atoms with E-state index in [9.17, 15) is 4.79 Å². The minimum Gasteiger partial charge on any atom is -0.350 e. The van der Waals surface area contributed by atoms with E-state index in [1.165, 1.54) is 19.3 Å². The Morgan fingerprint density at radius 1 is 1.59 bits per heavy atom. The first-order chi connectivity index (χ1) is 8.16. The molecule has 4 heteroatoms. The standard InChI is InChI=1S/C13H17ClN2O/c1-9-3-2-4-10(9)8-16-13(17)12-7-11(14)5-6-15-12/h5-7,9-10H,2-4,8H2,1H3,(H,16,17). The van der Waals surface area contributed by atoms with E-state index in [1.54, 1.807) is 18.3 Å². The Kier molecular flexibility index (Phi) is 4.00. The van der Waals surface area contributed by atoms with Gasteiger partial charge in [0, 0.05) is 17.8 Å². The first-order valence-corrected chi connectivity index (χ1v) is 6.44. The maximum atomic E-state index is 11.8. The van der Waals surface area contributed by atoms with Gasteiger partial charge in [0.1, 0.15) is 5.69 Å². The zero-order valence-corrected chi connectivity index (χ0v) is 10.7. The van der Waals surface area contributed by atoms with Crippen molar-refractivity contribution in [3.05, 3.63) is 29.0 Å². The molecular formula is C13H17ClN2O. The van der Waals surface area contributed by atoms with Gasteiger partial charge in [0.05, 0.1) is 0 Å². The summed E-state index contributed by atoms with van der Waals surface area (Å²) in [7, 11) is 0. The van der Waals surface area contributed by atoms with Gasteiger partial charge in [-0.25, -0.2) is 0 Å². The Hall–Kier alpha value is -1.09. The summed E-state index contributed by atoms with van der Waals surface area (Å²) in [6.07, 6.45) is 5.31. The van der Waals surface area contributed by atoms with Crippen LogP contribution in [0.4, 0.5) is 0 Å². The summed E-state index contributed by atoms with van der Waals surface area (Å²) in [5, 5.41) is 3.48. The molecule has 3 nitrogen and oxygen atoms in total. The molecule has 0 aliphatic heterocycles. The third-order valence-electron chi connectivity index (χ3n) is 3.52. The van der Waals surface area contributed by atoms with Crippen LogP contribution in [0.15, 0.2) is 18.3 Å². The highest BCUT2D eigenvalue weighted by atomic mass is 35.5. The average molecular weight is 253 g/mol. The Labute approximate surface area is 107 Å². The number of carbonyl (C=O) groups excluding carboxylic acids is 1. The van der Waals surface area contributed by atoms with Crippen LogP contribution in [-0.4, -0.2) is 17.4 Å². The number of nitrogens with one attached hydrogen (secondary N) is 1. The summed E-state index contributed by atoms with van der Waals surface area (Å²) in [6, 6.07) is 3.26. The topological polar surface area (TPSA) is 42.0 Å². The van der Waals surface area contributed by atoms with Gasteiger partial charge < -0.3 is 5.32 Å². The third kappa shape index (κ3) is 3.19. The molecule has 1 aliphatic rings. The largest absolute Gasteiger partial charge is 0.350 e. The zero-order chi connectivity index (χ0) is 12.3. The summed E-state index contributed by atoms with van der Waals surface area (Å²) in [4.78, 5) is 15.8. The highest BCUT2D eigenvalue weighted by Crippen LogP contribution is 2.30. The van der Waals surface area contributed by atoms with Gasteiger partial charge in [0.2, 0.25) is 0 Å². The highest BCUT2D eigenvalue weighted by Gasteiger charge is 2.23. The van der Waals surface area contributed by atoms with E-state index in [-0.39, 0.29) is 5.91 Å².